The van der Waals surface area contributed by atoms with Crippen molar-refractivity contribution in [2.75, 3.05) is 12.8 Å². The lowest BCUT2D eigenvalue weighted by molar-refractivity contribution is -0.119. The number of rotatable bonds is 6. The van der Waals surface area contributed by atoms with Gasteiger partial charge in [-0.15, -0.1) is 0 Å². The lowest BCUT2D eigenvalue weighted by Gasteiger charge is -2.28. The van der Waals surface area contributed by atoms with Crippen molar-refractivity contribution >= 4 is 18.4 Å². The first kappa shape index (κ1) is 20.7. The number of hydrogen-bond acceptors (Lipinski definition) is 3. The van der Waals surface area contributed by atoms with Crippen molar-refractivity contribution in [2.45, 2.75) is 38.0 Å². The molecular formula is C21H23F3N2OS. The first-order valence-corrected chi connectivity index (χ1v) is 10.2. The number of nitrogens with one attached hydrogen (secondary N) is 1. The van der Waals surface area contributed by atoms with E-state index in [1.54, 1.807) is 12.1 Å². The molecule has 0 aromatic heterocycles. The second kappa shape index (κ2) is 8.17. The molecule has 1 aliphatic rings. The second-order valence-corrected chi connectivity index (χ2v) is 7.98. The molecule has 1 aliphatic heterocycles. The summed E-state index contributed by atoms with van der Waals surface area (Å²) in [6.07, 6.45) is 2.90. The molecule has 1 saturated heterocycles. The van der Waals surface area contributed by atoms with E-state index in [1.807, 2.05) is 19.2 Å². The summed E-state index contributed by atoms with van der Waals surface area (Å²) in [6, 6.07) is 7.82. The van der Waals surface area contributed by atoms with Crippen LogP contribution in [0.2, 0.25) is 0 Å². The van der Waals surface area contributed by atoms with Crippen molar-refractivity contribution in [1.29, 1.82) is 0 Å². The lowest BCUT2D eigenvalue weighted by atomic mass is 9.89. The van der Waals surface area contributed by atoms with E-state index in [4.69, 9.17) is 0 Å². The summed E-state index contributed by atoms with van der Waals surface area (Å²) in [5.41, 5.74) is 0.862. The number of amides is 1. The second-order valence-electron chi connectivity index (χ2n) is 7.34. The fraction of sp³-hybridized carbons (Fsp3) is 0.381. The molecule has 1 heterocycles. The largest absolute Gasteiger partial charge is 0.337 e. The zero-order valence-electron chi connectivity index (χ0n) is 16.0. The van der Waals surface area contributed by atoms with Crippen LogP contribution in [0, 0.1) is 18.6 Å². The average molecular weight is 408 g/mol. The summed E-state index contributed by atoms with van der Waals surface area (Å²) in [5, 5.41) is 0. The number of likely N-dealkylation sites (tertiary alicyclic amines) is 1. The van der Waals surface area contributed by atoms with Crippen molar-refractivity contribution < 1.29 is 18.0 Å². The van der Waals surface area contributed by atoms with Crippen LogP contribution in [0.4, 0.5) is 13.2 Å². The van der Waals surface area contributed by atoms with Gasteiger partial charge in [-0.2, -0.15) is 0 Å². The molecule has 7 heteroatoms. The highest BCUT2D eigenvalue weighted by Gasteiger charge is 2.50. The number of benzene rings is 2. The number of alkyl halides is 1. The van der Waals surface area contributed by atoms with E-state index < -0.39 is 23.3 Å². The van der Waals surface area contributed by atoms with Crippen molar-refractivity contribution in [3.8, 4) is 11.1 Å². The van der Waals surface area contributed by atoms with Gasteiger partial charge in [0.2, 0.25) is 6.41 Å². The van der Waals surface area contributed by atoms with Crippen molar-refractivity contribution in [1.82, 2.24) is 9.62 Å². The van der Waals surface area contributed by atoms with Gasteiger partial charge in [-0.3, -0.25) is 9.52 Å². The topological polar surface area (TPSA) is 32.3 Å². The van der Waals surface area contributed by atoms with Gasteiger partial charge in [0.25, 0.3) is 0 Å². The quantitative estimate of drug-likeness (QED) is 0.572. The first-order chi connectivity index (χ1) is 13.3. The van der Waals surface area contributed by atoms with Crippen LogP contribution in [-0.2, 0) is 11.2 Å². The van der Waals surface area contributed by atoms with Crippen LogP contribution < -0.4 is 4.72 Å². The lowest BCUT2D eigenvalue weighted by Crippen LogP contribution is -2.47. The Labute approximate surface area is 167 Å². The van der Waals surface area contributed by atoms with Gasteiger partial charge in [0, 0.05) is 5.56 Å². The van der Waals surface area contributed by atoms with Gasteiger partial charge in [0.1, 0.15) is 17.3 Å². The van der Waals surface area contributed by atoms with Crippen LogP contribution in [0.25, 0.3) is 11.1 Å². The summed E-state index contributed by atoms with van der Waals surface area (Å²) in [4.78, 5) is 13.0. The molecule has 1 fully saturated rings. The molecule has 2 aromatic carbocycles. The zero-order chi connectivity index (χ0) is 20.5. The van der Waals surface area contributed by atoms with E-state index >= 15 is 4.39 Å². The third-order valence-electron chi connectivity index (χ3n) is 5.42. The molecule has 1 amide bonds. The fourth-order valence-electron chi connectivity index (χ4n) is 3.97. The summed E-state index contributed by atoms with van der Waals surface area (Å²) in [6.45, 7) is 3.33. The maximum Gasteiger partial charge on any atom is 0.210 e. The highest BCUT2D eigenvalue weighted by molar-refractivity contribution is 7.96. The minimum Gasteiger partial charge on any atom is -0.337 e. The molecule has 3 rings (SSSR count). The summed E-state index contributed by atoms with van der Waals surface area (Å²) >= 11 is 1.31. The SMILES string of the molecule is CSNC1C(Cc2cccc(-c3cc(F)ccc3F)c2C)N(C=O)CC1(C)F. The monoisotopic (exact) mass is 408 g/mol. The van der Waals surface area contributed by atoms with Gasteiger partial charge in [0.15, 0.2) is 0 Å². The van der Waals surface area contributed by atoms with Crippen LogP contribution in [0.1, 0.15) is 18.1 Å². The first-order valence-electron chi connectivity index (χ1n) is 9.01. The van der Waals surface area contributed by atoms with Crippen molar-refractivity contribution in [2.24, 2.45) is 0 Å². The van der Waals surface area contributed by atoms with Gasteiger partial charge in [0.05, 0.1) is 18.6 Å². The van der Waals surface area contributed by atoms with Crippen LogP contribution in [0.3, 0.4) is 0 Å². The number of carbonyl (C=O) groups excluding carboxylic acids is 1. The third-order valence-corrected chi connectivity index (χ3v) is 5.91. The summed E-state index contributed by atoms with van der Waals surface area (Å²) in [7, 11) is 0. The van der Waals surface area contributed by atoms with Crippen LogP contribution in [-0.4, -0.2) is 41.9 Å². The predicted molar refractivity (Wildman–Crippen MR) is 107 cm³/mol. The molecule has 0 saturated carbocycles. The summed E-state index contributed by atoms with van der Waals surface area (Å²) < 4.78 is 46.0. The number of carbonyl (C=O) groups is 1. The molecular weight excluding hydrogens is 385 g/mol. The molecule has 0 aliphatic carbocycles. The molecule has 0 spiro atoms. The highest BCUT2D eigenvalue weighted by Crippen LogP contribution is 2.35. The van der Waals surface area contributed by atoms with Crippen LogP contribution in [0.15, 0.2) is 36.4 Å². The van der Waals surface area contributed by atoms with Gasteiger partial charge >= 0.3 is 0 Å². The smallest absolute Gasteiger partial charge is 0.210 e. The Balaban J connectivity index is 1.98. The van der Waals surface area contributed by atoms with E-state index in [-0.39, 0.29) is 18.2 Å². The Kier molecular flexibility index (Phi) is 6.05. The molecule has 28 heavy (non-hydrogen) atoms. The number of hydrogen-bond donors (Lipinski definition) is 1. The van der Waals surface area contributed by atoms with E-state index in [9.17, 15) is 13.6 Å². The maximum atomic E-state index is 15.0. The molecule has 3 nitrogen and oxygen atoms in total. The maximum absolute atomic E-state index is 15.0. The van der Waals surface area contributed by atoms with E-state index in [2.05, 4.69) is 4.72 Å². The van der Waals surface area contributed by atoms with Crippen LogP contribution in [0.5, 0.6) is 0 Å². The van der Waals surface area contributed by atoms with E-state index in [0.29, 0.717) is 18.4 Å². The molecule has 0 radical (unpaired) electrons. The normalized spacial score (nSPS) is 24.6. The average Bonchev–Trinajstić information content (AvgIpc) is 2.89. The van der Waals surface area contributed by atoms with Gasteiger partial charge in [-0.1, -0.05) is 30.1 Å². The number of halogens is 3. The van der Waals surface area contributed by atoms with Crippen molar-refractivity contribution in [3.05, 3.63) is 59.2 Å². The Hall–Kier alpha value is -1.99. The molecule has 0 bridgehead atoms. The minimum absolute atomic E-state index is 0.0106. The van der Waals surface area contributed by atoms with Crippen molar-refractivity contribution in [3.63, 3.8) is 0 Å². The zero-order valence-corrected chi connectivity index (χ0v) is 16.8. The minimum atomic E-state index is -1.56. The molecule has 2 aromatic rings. The molecule has 150 valence electrons. The standard InChI is InChI=1S/C21H23F3N2OS/c1-13-14(5-4-6-16(13)17-10-15(22)7-8-18(17)23)9-19-20(25-28-3)21(2,24)11-26(19)12-27/h4-8,10,12,19-20,25H,9,11H2,1-3H3. The van der Waals surface area contributed by atoms with E-state index in [1.165, 1.54) is 29.8 Å². The highest BCUT2D eigenvalue weighted by atomic mass is 32.2. The molecule has 1 N–H and O–H groups in total. The Morgan fingerprint density at radius 1 is 1.29 bits per heavy atom. The summed E-state index contributed by atoms with van der Waals surface area (Å²) in [5.74, 6) is -1.02. The fourth-order valence-corrected chi connectivity index (χ4v) is 4.63. The predicted octanol–water partition coefficient (Wildman–Crippen LogP) is 4.29. The third kappa shape index (κ3) is 3.91. The Morgan fingerprint density at radius 3 is 2.71 bits per heavy atom. The Morgan fingerprint density at radius 2 is 2.04 bits per heavy atom. The molecule has 3 atom stereocenters. The van der Waals surface area contributed by atoms with Gasteiger partial charge < -0.3 is 4.90 Å². The van der Waals surface area contributed by atoms with E-state index in [0.717, 1.165) is 23.3 Å². The van der Waals surface area contributed by atoms with Gasteiger partial charge in [-0.25, -0.2) is 13.2 Å². The van der Waals surface area contributed by atoms with Crippen LogP contribution >= 0.6 is 11.9 Å². The number of nitrogens with zero attached hydrogens (tertiary/aromatic N) is 1. The Bertz CT molecular complexity index is 875. The molecule has 3 unspecified atom stereocenters. The van der Waals surface area contributed by atoms with Gasteiger partial charge in [-0.05, 0) is 61.4 Å².